The molecular weight excluding hydrogens is 128 g/mol. The summed E-state index contributed by atoms with van der Waals surface area (Å²) < 4.78 is 0. The van der Waals surface area contributed by atoms with Crippen LogP contribution in [0, 0.1) is 0 Å². The first-order valence-electron chi connectivity index (χ1n) is 3.53. The molecule has 1 heterocycles. The molecule has 0 bridgehead atoms. The van der Waals surface area contributed by atoms with Gasteiger partial charge in [0, 0.05) is 19.0 Å². The summed E-state index contributed by atoms with van der Waals surface area (Å²) in [5.74, 6) is -0.00287. The normalized spacial score (nSPS) is 18.7. The molecule has 0 spiro atoms. The van der Waals surface area contributed by atoms with Crippen LogP contribution in [0.1, 0.15) is 20.3 Å². The lowest BCUT2D eigenvalue weighted by Crippen LogP contribution is -2.34. The highest BCUT2D eigenvalue weighted by Crippen LogP contribution is 2.02. The van der Waals surface area contributed by atoms with Crippen LogP contribution in [0.2, 0.25) is 0 Å². The van der Waals surface area contributed by atoms with Gasteiger partial charge < -0.3 is 4.90 Å². The van der Waals surface area contributed by atoms with Crippen molar-refractivity contribution in [2.75, 3.05) is 6.54 Å². The van der Waals surface area contributed by atoms with Crippen LogP contribution in [-0.2, 0) is 4.79 Å². The molecular formula is C7H12N2O. The van der Waals surface area contributed by atoms with Crippen molar-refractivity contribution in [3.8, 4) is 0 Å². The van der Waals surface area contributed by atoms with E-state index in [1.807, 2.05) is 0 Å². The number of amides is 1. The Morgan fingerprint density at radius 1 is 1.70 bits per heavy atom. The molecule has 1 rings (SSSR count). The molecule has 3 heteroatoms. The lowest BCUT2D eigenvalue weighted by Gasteiger charge is -2.25. The van der Waals surface area contributed by atoms with Crippen LogP contribution in [0.4, 0.5) is 0 Å². The molecule has 56 valence electrons. The lowest BCUT2D eigenvalue weighted by molar-refractivity contribution is -0.118. The van der Waals surface area contributed by atoms with Gasteiger partial charge in [-0.25, -0.2) is 4.99 Å². The molecule has 0 aromatic rings. The number of rotatable bonds is 1. The van der Waals surface area contributed by atoms with Gasteiger partial charge in [-0.2, -0.15) is 0 Å². The maximum Gasteiger partial charge on any atom is 0.248 e. The van der Waals surface area contributed by atoms with Gasteiger partial charge in [-0.05, 0) is 13.8 Å². The van der Waals surface area contributed by atoms with Gasteiger partial charge in [0.05, 0.1) is 6.34 Å². The lowest BCUT2D eigenvalue weighted by atomic mass is 10.3. The van der Waals surface area contributed by atoms with Gasteiger partial charge in [0.15, 0.2) is 0 Å². The Labute approximate surface area is 60.7 Å². The second-order valence-corrected chi connectivity index (χ2v) is 2.72. The molecule has 0 unspecified atom stereocenters. The van der Waals surface area contributed by atoms with Crippen molar-refractivity contribution in [2.24, 2.45) is 4.99 Å². The number of carbonyl (C=O) groups is 1. The highest BCUT2D eigenvalue weighted by atomic mass is 16.1. The molecule has 3 nitrogen and oxygen atoms in total. The third-order valence-electron chi connectivity index (χ3n) is 1.60. The summed E-state index contributed by atoms with van der Waals surface area (Å²) in [5, 5.41) is 0. The fourth-order valence-electron chi connectivity index (χ4n) is 0.877. The van der Waals surface area contributed by atoms with Crippen molar-refractivity contribution in [3.05, 3.63) is 0 Å². The van der Waals surface area contributed by atoms with E-state index in [2.05, 4.69) is 23.7 Å². The van der Waals surface area contributed by atoms with E-state index in [-0.39, 0.29) is 5.91 Å². The molecule has 1 amide bonds. The summed E-state index contributed by atoms with van der Waals surface area (Å²) in [6.07, 6.45) is 2.20. The molecule has 0 saturated heterocycles. The van der Waals surface area contributed by atoms with Crippen LogP contribution in [0.15, 0.2) is 4.99 Å². The van der Waals surface area contributed by atoms with Gasteiger partial charge in [0.2, 0.25) is 5.91 Å². The van der Waals surface area contributed by atoms with Crippen LogP contribution in [-0.4, -0.2) is 29.7 Å². The van der Waals surface area contributed by atoms with E-state index in [0.717, 1.165) is 6.54 Å². The van der Waals surface area contributed by atoms with E-state index in [0.29, 0.717) is 12.5 Å². The maximum atomic E-state index is 10.6. The van der Waals surface area contributed by atoms with Crippen molar-refractivity contribution in [2.45, 2.75) is 26.3 Å². The summed E-state index contributed by atoms with van der Waals surface area (Å²) >= 11 is 0. The first-order valence-corrected chi connectivity index (χ1v) is 3.53. The number of hydrogen-bond donors (Lipinski definition) is 0. The minimum Gasteiger partial charge on any atom is -0.360 e. The number of aliphatic imine (C=N–C) groups is 1. The number of carbonyl (C=O) groups excluding carboxylic acids is 1. The molecule has 1 aliphatic rings. The van der Waals surface area contributed by atoms with E-state index < -0.39 is 0 Å². The van der Waals surface area contributed by atoms with Crippen LogP contribution in [0.3, 0.4) is 0 Å². The van der Waals surface area contributed by atoms with Crippen LogP contribution >= 0.6 is 0 Å². The van der Waals surface area contributed by atoms with E-state index in [1.165, 1.54) is 0 Å². The SMILES string of the molecule is CC(C)N1C=NC(=O)CC1. The zero-order valence-corrected chi connectivity index (χ0v) is 6.37. The number of hydrogen-bond acceptors (Lipinski definition) is 2. The van der Waals surface area contributed by atoms with Gasteiger partial charge >= 0.3 is 0 Å². The Kier molecular flexibility index (Phi) is 2.04. The van der Waals surface area contributed by atoms with Crippen molar-refractivity contribution in [1.29, 1.82) is 0 Å². The predicted octanol–water partition coefficient (Wildman–Crippen LogP) is 0.655. The Hall–Kier alpha value is -0.860. The van der Waals surface area contributed by atoms with Gasteiger partial charge in [0.25, 0.3) is 0 Å². The summed E-state index contributed by atoms with van der Waals surface area (Å²) in [6.45, 7) is 4.99. The van der Waals surface area contributed by atoms with Crippen LogP contribution < -0.4 is 0 Å². The Morgan fingerprint density at radius 2 is 2.40 bits per heavy atom. The van der Waals surface area contributed by atoms with E-state index in [9.17, 15) is 4.79 Å². The smallest absolute Gasteiger partial charge is 0.248 e. The second-order valence-electron chi connectivity index (χ2n) is 2.72. The maximum absolute atomic E-state index is 10.6. The van der Waals surface area contributed by atoms with Crippen molar-refractivity contribution < 1.29 is 4.79 Å². The zero-order chi connectivity index (χ0) is 7.56. The first kappa shape index (κ1) is 7.25. The van der Waals surface area contributed by atoms with E-state index >= 15 is 0 Å². The third-order valence-corrected chi connectivity index (χ3v) is 1.60. The fraction of sp³-hybridized carbons (Fsp3) is 0.714. The molecule has 0 saturated carbocycles. The number of nitrogens with zero attached hydrogens (tertiary/aromatic N) is 2. The summed E-state index contributed by atoms with van der Waals surface area (Å²) in [6, 6.07) is 0.455. The molecule has 0 fully saturated rings. The standard InChI is InChI=1S/C7H12N2O/c1-6(2)9-4-3-7(10)8-5-9/h5-6H,3-4H2,1-2H3. The van der Waals surface area contributed by atoms with Gasteiger partial charge in [0.1, 0.15) is 0 Å². The second kappa shape index (κ2) is 2.82. The third kappa shape index (κ3) is 1.56. The molecule has 0 aromatic carbocycles. The highest BCUT2D eigenvalue weighted by Gasteiger charge is 2.11. The van der Waals surface area contributed by atoms with E-state index in [1.54, 1.807) is 6.34 Å². The zero-order valence-electron chi connectivity index (χ0n) is 6.37. The summed E-state index contributed by atoms with van der Waals surface area (Å²) in [5.41, 5.74) is 0. The largest absolute Gasteiger partial charge is 0.360 e. The fourth-order valence-corrected chi connectivity index (χ4v) is 0.877. The average Bonchev–Trinajstić information content (AvgIpc) is 1.88. The molecule has 0 aliphatic carbocycles. The monoisotopic (exact) mass is 140 g/mol. The predicted molar refractivity (Wildman–Crippen MR) is 40.0 cm³/mol. The Balaban J connectivity index is 2.53. The van der Waals surface area contributed by atoms with Crippen LogP contribution in [0.5, 0.6) is 0 Å². The first-order chi connectivity index (χ1) is 4.70. The minimum atomic E-state index is -0.00287. The van der Waals surface area contributed by atoms with Crippen molar-refractivity contribution >= 4 is 12.2 Å². The molecule has 0 radical (unpaired) electrons. The molecule has 0 N–H and O–H groups in total. The quantitative estimate of drug-likeness (QED) is 0.536. The van der Waals surface area contributed by atoms with Crippen LogP contribution in [0.25, 0.3) is 0 Å². The molecule has 0 aromatic heterocycles. The van der Waals surface area contributed by atoms with Crippen molar-refractivity contribution in [1.82, 2.24) is 4.90 Å². The Bertz CT molecular complexity index is 163. The van der Waals surface area contributed by atoms with E-state index in [4.69, 9.17) is 0 Å². The van der Waals surface area contributed by atoms with Gasteiger partial charge in [-0.1, -0.05) is 0 Å². The molecule has 10 heavy (non-hydrogen) atoms. The highest BCUT2D eigenvalue weighted by molar-refractivity contribution is 5.86. The topological polar surface area (TPSA) is 32.7 Å². The summed E-state index contributed by atoms with van der Waals surface area (Å²) in [4.78, 5) is 16.4. The van der Waals surface area contributed by atoms with Crippen molar-refractivity contribution in [3.63, 3.8) is 0 Å². The Morgan fingerprint density at radius 3 is 2.80 bits per heavy atom. The average molecular weight is 140 g/mol. The summed E-state index contributed by atoms with van der Waals surface area (Å²) in [7, 11) is 0. The van der Waals surface area contributed by atoms with Gasteiger partial charge in [-0.3, -0.25) is 4.79 Å². The molecule has 1 aliphatic heterocycles. The molecule has 0 atom stereocenters. The van der Waals surface area contributed by atoms with Gasteiger partial charge in [-0.15, -0.1) is 0 Å². The minimum absolute atomic E-state index is 0.00287.